The van der Waals surface area contributed by atoms with Crippen LogP contribution in [0.3, 0.4) is 0 Å². The largest absolute Gasteiger partial charge is 0.497 e. The van der Waals surface area contributed by atoms with Crippen molar-refractivity contribution in [3.05, 3.63) is 101 Å². The highest BCUT2D eigenvalue weighted by Crippen LogP contribution is 2.51. The van der Waals surface area contributed by atoms with Crippen molar-refractivity contribution < 1.29 is 41.7 Å². The van der Waals surface area contributed by atoms with Crippen molar-refractivity contribution in [2.45, 2.75) is 10.4 Å². The molecule has 0 saturated heterocycles. The highest BCUT2D eigenvalue weighted by atomic mass is 35.5. The van der Waals surface area contributed by atoms with Crippen molar-refractivity contribution in [1.29, 1.82) is 0 Å². The summed E-state index contributed by atoms with van der Waals surface area (Å²) in [5.74, 6) is -0.174. The van der Waals surface area contributed by atoms with Crippen LogP contribution in [-0.2, 0) is 20.4 Å². The van der Waals surface area contributed by atoms with Crippen LogP contribution in [0.15, 0.2) is 89.8 Å². The average Bonchev–Trinajstić information content (AvgIpc) is 3.28. The maximum atomic E-state index is 14.9. The quantitative estimate of drug-likeness (QED) is 0.265. The van der Waals surface area contributed by atoms with Crippen LogP contribution in [0.25, 0.3) is 0 Å². The third-order valence-corrected chi connectivity index (χ3v) is 9.00. The first-order valence-electron chi connectivity index (χ1n) is 13.0. The summed E-state index contributed by atoms with van der Waals surface area (Å²) in [7, 11) is 0.808. The zero-order chi connectivity index (χ0) is 31.6. The van der Waals surface area contributed by atoms with Gasteiger partial charge in [-0.1, -0.05) is 29.8 Å². The molecule has 0 saturated carbocycles. The monoisotopic (exact) mass is 638 g/mol. The van der Waals surface area contributed by atoms with E-state index in [4.69, 9.17) is 35.3 Å². The summed E-state index contributed by atoms with van der Waals surface area (Å²) in [5.41, 5.74) is -2.18. The highest BCUT2D eigenvalue weighted by molar-refractivity contribution is 7.93. The minimum absolute atomic E-state index is 0.0441. The maximum absolute atomic E-state index is 14.9. The number of fused-ring (bicyclic) bond motifs is 1. The molecule has 1 aliphatic rings. The van der Waals surface area contributed by atoms with Gasteiger partial charge >= 0.3 is 6.09 Å². The molecule has 1 unspecified atom stereocenters. The van der Waals surface area contributed by atoms with Crippen LogP contribution in [0.5, 0.6) is 28.7 Å². The lowest BCUT2D eigenvalue weighted by Crippen LogP contribution is -2.55. The molecule has 0 fully saturated rings. The Labute approximate surface area is 258 Å². The number of hydrogen-bond acceptors (Lipinski definition) is 9. The van der Waals surface area contributed by atoms with Gasteiger partial charge < -0.3 is 23.7 Å². The fourth-order valence-electron chi connectivity index (χ4n) is 5.02. The molecule has 44 heavy (non-hydrogen) atoms. The fourth-order valence-corrected chi connectivity index (χ4v) is 6.80. The molecule has 4 aromatic rings. The van der Waals surface area contributed by atoms with E-state index >= 15 is 0 Å². The van der Waals surface area contributed by atoms with Crippen molar-refractivity contribution in [1.82, 2.24) is 5.32 Å². The van der Waals surface area contributed by atoms with Crippen LogP contribution in [0.1, 0.15) is 11.1 Å². The highest BCUT2D eigenvalue weighted by Gasteiger charge is 2.59. The molecule has 2 amide bonds. The number of carbonyl (C=O) groups is 2. The average molecular weight is 639 g/mol. The summed E-state index contributed by atoms with van der Waals surface area (Å²) in [6.07, 6.45) is -1.05. The maximum Gasteiger partial charge on any atom is 0.414 e. The predicted octanol–water partition coefficient (Wildman–Crippen LogP) is 5.14. The number of para-hydroxylation sites is 1. The Bertz CT molecular complexity index is 1850. The molecule has 0 aliphatic carbocycles. The molecule has 4 aromatic carbocycles. The summed E-state index contributed by atoms with van der Waals surface area (Å²) < 4.78 is 56.5. The van der Waals surface area contributed by atoms with E-state index < -0.39 is 27.6 Å². The number of ether oxygens (including phenoxy) is 5. The van der Waals surface area contributed by atoms with Gasteiger partial charge in [-0.3, -0.25) is 10.1 Å². The van der Waals surface area contributed by atoms with Gasteiger partial charge in [-0.25, -0.2) is 13.2 Å². The Hall–Kier alpha value is -4.94. The second kappa shape index (κ2) is 12.0. The summed E-state index contributed by atoms with van der Waals surface area (Å²) in [6, 6.07) is 21.0. The Balaban J connectivity index is 1.78. The number of carbonyl (C=O) groups excluding carboxylic acids is 2. The second-order valence-corrected chi connectivity index (χ2v) is 11.6. The summed E-state index contributed by atoms with van der Waals surface area (Å²) in [4.78, 5) is 28.1. The number of rotatable bonds is 9. The Kier molecular flexibility index (Phi) is 8.31. The lowest BCUT2D eigenvalue weighted by Gasteiger charge is -2.31. The van der Waals surface area contributed by atoms with Crippen LogP contribution >= 0.6 is 11.6 Å². The van der Waals surface area contributed by atoms with Crippen LogP contribution in [-0.4, -0.2) is 48.9 Å². The first kappa shape index (κ1) is 30.5. The van der Waals surface area contributed by atoms with E-state index in [1.54, 1.807) is 36.4 Å². The zero-order valence-corrected chi connectivity index (χ0v) is 25.6. The van der Waals surface area contributed by atoms with Crippen molar-refractivity contribution in [2.75, 3.05) is 32.7 Å². The molecular formula is C31H27ClN2O9S. The predicted molar refractivity (Wildman–Crippen MR) is 162 cm³/mol. The first-order chi connectivity index (χ1) is 21.1. The molecule has 1 N–H and O–H groups in total. The number of sulfonamides is 1. The van der Waals surface area contributed by atoms with Gasteiger partial charge in [0.1, 0.15) is 33.6 Å². The number of hydrogen-bond donors (Lipinski definition) is 1. The summed E-state index contributed by atoms with van der Waals surface area (Å²) in [6.45, 7) is 0. The molecule has 1 atom stereocenters. The number of methoxy groups -OCH3 is 4. The van der Waals surface area contributed by atoms with E-state index in [0.29, 0.717) is 15.8 Å². The van der Waals surface area contributed by atoms with Gasteiger partial charge in [0.15, 0.2) is 5.54 Å². The molecule has 13 heteroatoms. The zero-order valence-electron chi connectivity index (χ0n) is 24.0. The fraction of sp³-hybridized carbons (Fsp3) is 0.161. The molecule has 1 heterocycles. The van der Waals surface area contributed by atoms with E-state index in [2.05, 4.69) is 5.32 Å². The number of nitrogens with one attached hydrogen (secondary N) is 1. The van der Waals surface area contributed by atoms with Gasteiger partial charge in [-0.05, 0) is 60.7 Å². The van der Waals surface area contributed by atoms with Gasteiger partial charge in [0.25, 0.3) is 15.9 Å². The second-order valence-electron chi connectivity index (χ2n) is 9.40. The van der Waals surface area contributed by atoms with E-state index in [-0.39, 0.29) is 44.0 Å². The third-order valence-electron chi connectivity index (χ3n) is 7.03. The van der Waals surface area contributed by atoms with Crippen LogP contribution in [0.4, 0.5) is 10.5 Å². The summed E-state index contributed by atoms with van der Waals surface area (Å²) >= 11 is 6.43. The molecule has 0 bridgehead atoms. The molecule has 1 aliphatic heterocycles. The molecule has 228 valence electrons. The molecular weight excluding hydrogens is 612 g/mol. The van der Waals surface area contributed by atoms with Gasteiger partial charge in [-0.2, -0.15) is 4.31 Å². The molecule has 0 aromatic heterocycles. The molecule has 0 spiro atoms. The Morgan fingerprint density at radius 3 is 2.07 bits per heavy atom. The minimum Gasteiger partial charge on any atom is -0.497 e. The van der Waals surface area contributed by atoms with Crippen molar-refractivity contribution in [2.24, 2.45) is 0 Å². The van der Waals surface area contributed by atoms with E-state index in [0.717, 1.165) is 0 Å². The van der Waals surface area contributed by atoms with E-state index in [1.807, 2.05) is 0 Å². The van der Waals surface area contributed by atoms with Gasteiger partial charge in [0.2, 0.25) is 0 Å². The Morgan fingerprint density at radius 2 is 1.41 bits per heavy atom. The van der Waals surface area contributed by atoms with Crippen LogP contribution < -0.4 is 33.3 Å². The van der Waals surface area contributed by atoms with Gasteiger partial charge in [0.05, 0.1) is 34.1 Å². The van der Waals surface area contributed by atoms with Crippen molar-refractivity contribution >= 4 is 39.3 Å². The number of amides is 2. The topological polar surface area (TPSA) is 130 Å². The lowest BCUT2D eigenvalue weighted by molar-refractivity contribution is -0.121. The standard InChI is InChI=1S/C31H27ClN2O9S/c1-39-21-11-14-26(41-3)24(17-21)31(33-30(36)43-20-8-6-5-7-9-20)23-16-19(32)10-13-25(23)34(29(31)35)44(37,38)28-15-12-22(40-2)18-27(28)42-4/h5-18H,1-4H3,(H,33,36). The SMILES string of the molecule is COc1ccc(S(=O)(=O)N2C(=O)C(NC(=O)Oc3ccccc3)(c3cc(OC)ccc3OC)c3cc(Cl)ccc32)c(OC)c1. The van der Waals surface area contributed by atoms with Crippen LogP contribution in [0, 0.1) is 0 Å². The summed E-state index contributed by atoms with van der Waals surface area (Å²) in [5, 5.41) is 2.82. The third kappa shape index (κ3) is 5.12. The number of halogens is 1. The normalized spacial score (nSPS) is 15.8. The number of benzene rings is 4. The van der Waals surface area contributed by atoms with E-state index in [1.165, 1.54) is 77.0 Å². The number of anilines is 1. The molecule has 0 radical (unpaired) electrons. The minimum atomic E-state index is -4.69. The van der Waals surface area contributed by atoms with Gasteiger partial charge in [-0.15, -0.1) is 0 Å². The smallest absolute Gasteiger partial charge is 0.414 e. The van der Waals surface area contributed by atoms with Crippen molar-refractivity contribution in [3.8, 4) is 28.7 Å². The molecule has 11 nitrogen and oxygen atoms in total. The van der Waals surface area contributed by atoms with Crippen molar-refractivity contribution in [3.63, 3.8) is 0 Å². The lowest BCUT2D eigenvalue weighted by atomic mass is 9.83. The number of nitrogens with zero attached hydrogens (tertiary/aromatic N) is 1. The van der Waals surface area contributed by atoms with Gasteiger partial charge in [0, 0.05) is 22.2 Å². The Morgan fingerprint density at radius 1 is 0.750 bits per heavy atom. The first-order valence-corrected chi connectivity index (χ1v) is 14.8. The van der Waals surface area contributed by atoms with E-state index in [9.17, 15) is 18.0 Å². The van der Waals surface area contributed by atoms with Crippen LogP contribution in [0.2, 0.25) is 5.02 Å². The molecule has 5 rings (SSSR count).